The molecule has 82 valence electrons. The largest absolute Gasteiger partial charge is 0.439 e. The van der Waals surface area contributed by atoms with E-state index in [1.54, 1.807) is 0 Å². The first-order chi connectivity index (χ1) is 7.75. The van der Waals surface area contributed by atoms with E-state index in [0.717, 1.165) is 11.1 Å². The number of aromatic nitrogens is 1. The molecule has 1 aliphatic heterocycles. The van der Waals surface area contributed by atoms with Gasteiger partial charge in [-0.1, -0.05) is 18.2 Å². The molecule has 16 heavy (non-hydrogen) atoms. The SMILES string of the molecule is Cn1ccc2cccc(C3CNC(=O)O3)c21. The Labute approximate surface area is 92.8 Å². The third kappa shape index (κ3) is 1.26. The third-order valence-electron chi connectivity index (χ3n) is 2.96. The quantitative estimate of drug-likeness (QED) is 0.791. The number of cyclic esters (lactones) is 1. The van der Waals surface area contributed by atoms with Crippen molar-refractivity contribution in [3.63, 3.8) is 0 Å². The van der Waals surface area contributed by atoms with Crippen LogP contribution in [0.3, 0.4) is 0 Å². The van der Waals surface area contributed by atoms with E-state index in [2.05, 4.69) is 22.0 Å². The maximum Gasteiger partial charge on any atom is 0.407 e. The summed E-state index contributed by atoms with van der Waals surface area (Å²) in [6, 6.07) is 8.11. The number of carbonyl (C=O) groups excluding carboxylic acids is 1. The molecule has 1 aromatic carbocycles. The molecule has 1 atom stereocenters. The number of fused-ring (bicyclic) bond motifs is 1. The molecule has 1 unspecified atom stereocenters. The van der Waals surface area contributed by atoms with Crippen LogP contribution in [0.15, 0.2) is 30.5 Å². The fraction of sp³-hybridized carbons (Fsp3) is 0.250. The summed E-state index contributed by atoms with van der Waals surface area (Å²) in [7, 11) is 2.00. The van der Waals surface area contributed by atoms with E-state index in [4.69, 9.17) is 4.74 Å². The number of amides is 1. The molecule has 0 spiro atoms. The Morgan fingerprint density at radius 2 is 2.31 bits per heavy atom. The van der Waals surface area contributed by atoms with Crippen molar-refractivity contribution < 1.29 is 9.53 Å². The molecule has 0 aliphatic carbocycles. The highest BCUT2D eigenvalue weighted by atomic mass is 16.6. The summed E-state index contributed by atoms with van der Waals surface area (Å²) < 4.78 is 7.27. The number of rotatable bonds is 1. The van der Waals surface area contributed by atoms with Gasteiger partial charge in [-0.15, -0.1) is 0 Å². The summed E-state index contributed by atoms with van der Waals surface area (Å²) >= 11 is 0. The highest BCUT2D eigenvalue weighted by Gasteiger charge is 2.26. The number of nitrogens with zero attached hydrogens (tertiary/aromatic N) is 1. The molecular formula is C12H12N2O2. The lowest BCUT2D eigenvalue weighted by molar-refractivity contribution is 0.141. The molecule has 0 radical (unpaired) electrons. The van der Waals surface area contributed by atoms with Gasteiger partial charge in [0.2, 0.25) is 0 Å². The predicted molar refractivity (Wildman–Crippen MR) is 60.1 cm³/mol. The summed E-state index contributed by atoms with van der Waals surface area (Å²) in [5.41, 5.74) is 2.19. The van der Waals surface area contributed by atoms with E-state index in [9.17, 15) is 4.79 Å². The molecule has 4 nitrogen and oxygen atoms in total. The molecule has 1 N–H and O–H groups in total. The van der Waals surface area contributed by atoms with Crippen LogP contribution in [0, 0.1) is 0 Å². The van der Waals surface area contributed by atoms with E-state index < -0.39 is 0 Å². The molecule has 0 saturated carbocycles. The van der Waals surface area contributed by atoms with Gasteiger partial charge in [-0.2, -0.15) is 0 Å². The maximum atomic E-state index is 11.0. The maximum absolute atomic E-state index is 11.0. The monoisotopic (exact) mass is 216 g/mol. The minimum absolute atomic E-state index is 0.176. The number of aryl methyl sites for hydroxylation is 1. The zero-order valence-corrected chi connectivity index (χ0v) is 8.93. The summed E-state index contributed by atoms with van der Waals surface area (Å²) in [5, 5.41) is 3.84. The van der Waals surface area contributed by atoms with Crippen LogP contribution in [0.25, 0.3) is 10.9 Å². The van der Waals surface area contributed by atoms with Crippen LogP contribution < -0.4 is 5.32 Å². The Morgan fingerprint density at radius 3 is 3.06 bits per heavy atom. The second-order valence-electron chi connectivity index (χ2n) is 3.99. The fourth-order valence-corrected chi connectivity index (χ4v) is 2.21. The van der Waals surface area contributed by atoms with Crippen LogP contribution in [0.2, 0.25) is 0 Å². The standard InChI is InChI=1S/C12H12N2O2/c1-14-6-5-8-3-2-4-9(11(8)14)10-7-13-12(15)16-10/h2-6,10H,7H2,1H3,(H,13,15). The van der Waals surface area contributed by atoms with Gasteiger partial charge in [-0.3, -0.25) is 0 Å². The van der Waals surface area contributed by atoms with Crippen LogP contribution in [0.4, 0.5) is 4.79 Å². The Bertz CT molecular complexity index is 559. The lowest BCUT2D eigenvalue weighted by Gasteiger charge is -2.11. The van der Waals surface area contributed by atoms with Crippen LogP contribution in [0.5, 0.6) is 0 Å². The molecule has 4 heteroatoms. The number of ether oxygens (including phenoxy) is 1. The summed E-state index contributed by atoms with van der Waals surface area (Å²) in [4.78, 5) is 11.0. The van der Waals surface area contributed by atoms with Crippen molar-refractivity contribution in [2.45, 2.75) is 6.10 Å². The normalized spacial score (nSPS) is 19.8. The van der Waals surface area contributed by atoms with Gasteiger partial charge in [0.25, 0.3) is 0 Å². The molecule has 1 aliphatic rings. The molecule has 2 aromatic rings. The molecule has 2 heterocycles. The van der Waals surface area contributed by atoms with Crippen molar-refractivity contribution in [1.82, 2.24) is 9.88 Å². The lowest BCUT2D eigenvalue weighted by atomic mass is 10.1. The fourth-order valence-electron chi connectivity index (χ4n) is 2.21. The van der Waals surface area contributed by atoms with E-state index in [1.807, 2.05) is 25.4 Å². The van der Waals surface area contributed by atoms with Crippen LogP contribution in [-0.2, 0) is 11.8 Å². The first-order valence-electron chi connectivity index (χ1n) is 5.24. The molecule has 1 fully saturated rings. The number of nitrogens with one attached hydrogen (secondary N) is 1. The van der Waals surface area contributed by atoms with Crippen LogP contribution in [-0.4, -0.2) is 17.2 Å². The van der Waals surface area contributed by atoms with E-state index in [1.165, 1.54) is 5.39 Å². The summed E-state index contributed by atoms with van der Waals surface area (Å²) in [6.07, 6.45) is 1.50. The number of alkyl carbamates (subject to hydrolysis) is 1. The van der Waals surface area contributed by atoms with E-state index in [0.29, 0.717) is 6.54 Å². The number of benzene rings is 1. The van der Waals surface area contributed by atoms with Gasteiger partial charge in [0.05, 0.1) is 12.1 Å². The highest BCUT2D eigenvalue weighted by Crippen LogP contribution is 2.28. The minimum Gasteiger partial charge on any atom is -0.439 e. The van der Waals surface area contributed by atoms with Gasteiger partial charge >= 0.3 is 6.09 Å². The lowest BCUT2D eigenvalue weighted by Crippen LogP contribution is -2.12. The first-order valence-corrected chi connectivity index (χ1v) is 5.24. The van der Waals surface area contributed by atoms with E-state index >= 15 is 0 Å². The molecule has 3 rings (SSSR count). The number of carbonyl (C=O) groups is 1. The van der Waals surface area contributed by atoms with E-state index in [-0.39, 0.29) is 12.2 Å². The van der Waals surface area contributed by atoms with Gasteiger partial charge in [0.15, 0.2) is 0 Å². The average molecular weight is 216 g/mol. The second-order valence-corrected chi connectivity index (χ2v) is 3.99. The van der Waals surface area contributed by atoms with Gasteiger partial charge in [0.1, 0.15) is 6.10 Å². The third-order valence-corrected chi connectivity index (χ3v) is 2.96. The average Bonchev–Trinajstić information content (AvgIpc) is 2.86. The van der Waals surface area contributed by atoms with Crippen molar-refractivity contribution in [2.75, 3.05) is 6.54 Å². The van der Waals surface area contributed by atoms with Crippen molar-refractivity contribution in [1.29, 1.82) is 0 Å². The van der Waals surface area contributed by atoms with Gasteiger partial charge in [-0.25, -0.2) is 4.79 Å². The Morgan fingerprint density at radius 1 is 1.44 bits per heavy atom. The molecular weight excluding hydrogens is 204 g/mol. The van der Waals surface area contributed by atoms with Crippen LogP contribution >= 0.6 is 0 Å². The van der Waals surface area contributed by atoms with Crippen molar-refractivity contribution in [2.24, 2.45) is 7.05 Å². The van der Waals surface area contributed by atoms with Crippen molar-refractivity contribution >= 4 is 17.0 Å². The smallest absolute Gasteiger partial charge is 0.407 e. The Balaban J connectivity index is 2.15. The van der Waals surface area contributed by atoms with Crippen molar-refractivity contribution in [3.8, 4) is 0 Å². The highest BCUT2D eigenvalue weighted by molar-refractivity contribution is 5.84. The van der Waals surface area contributed by atoms with Gasteiger partial charge < -0.3 is 14.6 Å². The number of para-hydroxylation sites is 1. The first kappa shape index (κ1) is 9.27. The molecule has 1 amide bonds. The zero-order valence-electron chi connectivity index (χ0n) is 8.93. The zero-order chi connectivity index (χ0) is 11.1. The summed E-state index contributed by atoms with van der Waals surface area (Å²) in [5.74, 6) is 0. The van der Waals surface area contributed by atoms with Crippen molar-refractivity contribution in [3.05, 3.63) is 36.0 Å². The number of hydrogen-bond donors (Lipinski definition) is 1. The topological polar surface area (TPSA) is 43.3 Å². The van der Waals surface area contributed by atoms with Gasteiger partial charge in [0, 0.05) is 18.8 Å². The Kier molecular flexibility index (Phi) is 1.89. The second kappa shape index (κ2) is 3.27. The van der Waals surface area contributed by atoms with Gasteiger partial charge in [-0.05, 0) is 11.5 Å². The molecule has 0 bridgehead atoms. The predicted octanol–water partition coefficient (Wildman–Crippen LogP) is 1.96. The molecule has 1 saturated heterocycles. The Hall–Kier alpha value is -1.97. The number of hydrogen-bond acceptors (Lipinski definition) is 2. The summed E-state index contributed by atoms with van der Waals surface area (Å²) in [6.45, 7) is 0.545. The minimum atomic E-state index is -0.337. The van der Waals surface area contributed by atoms with Crippen LogP contribution in [0.1, 0.15) is 11.7 Å². The molecule has 1 aromatic heterocycles.